The largest absolute Gasteiger partial charge is 0.454 e. The van der Waals surface area contributed by atoms with Crippen LogP contribution in [0.3, 0.4) is 0 Å². The summed E-state index contributed by atoms with van der Waals surface area (Å²) in [5.41, 5.74) is 1.93. The van der Waals surface area contributed by atoms with Crippen molar-refractivity contribution in [1.29, 1.82) is 0 Å². The zero-order valence-corrected chi connectivity index (χ0v) is 12.2. The number of hydrogen-bond donors (Lipinski definition) is 1. The summed E-state index contributed by atoms with van der Waals surface area (Å²) in [4.78, 5) is 0. The summed E-state index contributed by atoms with van der Waals surface area (Å²) in [6, 6.07) is 10.7. The van der Waals surface area contributed by atoms with Crippen molar-refractivity contribution in [3.05, 3.63) is 57.8 Å². The number of halogens is 2. The SMILES string of the molecule is Fc1cc(Br)cc(CNCc2cccc3c2OCO3)c1. The molecule has 5 heteroatoms. The van der Waals surface area contributed by atoms with E-state index in [2.05, 4.69) is 21.2 Å². The molecule has 0 saturated heterocycles. The Balaban J connectivity index is 1.64. The molecular formula is C15H13BrFNO2. The molecule has 1 aliphatic rings. The number of fused-ring (bicyclic) bond motifs is 1. The van der Waals surface area contributed by atoms with Crippen LogP contribution in [-0.4, -0.2) is 6.79 Å². The Labute approximate surface area is 124 Å². The Bertz CT molecular complexity index is 613. The van der Waals surface area contributed by atoms with Crippen LogP contribution >= 0.6 is 15.9 Å². The van der Waals surface area contributed by atoms with Crippen molar-refractivity contribution in [3.63, 3.8) is 0 Å². The van der Waals surface area contributed by atoms with E-state index < -0.39 is 0 Å². The van der Waals surface area contributed by atoms with Crippen LogP contribution in [0, 0.1) is 5.82 Å². The van der Waals surface area contributed by atoms with Crippen LogP contribution in [-0.2, 0) is 13.1 Å². The third-order valence-corrected chi connectivity index (χ3v) is 3.50. The first kappa shape index (κ1) is 13.4. The van der Waals surface area contributed by atoms with Crippen LogP contribution in [0.5, 0.6) is 11.5 Å². The van der Waals surface area contributed by atoms with E-state index in [-0.39, 0.29) is 12.6 Å². The van der Waals surface area contributed by atoms with E-state index >= 15 is 0 Å². The van der Waals surface area contributed by atoms with E-state index in [4.69, 9.17) is 9.47 Å². The van der Waals surface area contributed by atoms with E-state index in [0.717, 1.165) is 27.1 Å². The van der Waals surface area contributed by atoms with Gasteiger partial charge in [-0.3, -0.25) is 0 Å². The maximum absolute atomic E-state index is 13.3. The minimum atomic E-state index is -0.242. The average Bonchev–Trinajstić information content (AvgIpc) is 2.86. The maximum atomic E-state index is 13.3. The highest BCUT2D eigenvalue weighted by molar-refractivity contribution is 9.10. The van der Waals surface area contributed by atoms with Crippen LogP contribution in [0.2, 0.25) is 0 Å². The zero-order valence-electron chi connectivity index (χ0n) is 10.7. The Morgan fingerprint density at radius 3 is 2.90 bits per heavy atom. The van der Waals surface area contributed by atoms with E-state index in [1.54, 1.807) is 0 Å². The van der Waals surface area contributed by atoms with Crippen molar-refractivity contribution in [1.82, 2.24) is 5.32 Å². The molecule has 1 heterocycles. The highest BCUT2D eigenvalue weighted by atomic mass is 79.9. The van der Waals surface area contributed by atoms with Crippen LogP contribution in [0.1, 0.15) is 11.1 Å². The molecule has 0 unspecified atom stereocenters. The second kappa shape index (κ2) is 5.81. The van der Waals surface area contributed by atoms with Gasteiger partial charge in [-0.15, -0.1) is 0 Å². The average molecular weight is 338 g/mol. The summed E-state index contributed by atoms with van der Waals surface area (Å²) in [5, 5.41) is 3.28. The molecule has 0 radical (unpaired) electrons. The predicted octanol–water partition coefficient (Wildman–Crippen LogP) is 3.61. The quantitative estimate of drug-likeness (QED) is 0.924. The van der Waals surface area contributed by atoms with Crippen LogP contribution < -0.4 is 14.8 Å². The van der Waals surface area contributed by atoms with E-state index in [9.17, 15) is 4.39 Å². The van der Waals surface area contributed by atoms with Gasteiger partial charge in [0.2, 0.25) is 6.79 Å². The number of ether oxygens (including phenoxy) is 2. The van der Waals surface area contributed by atoms with Gasteiger partial charge < -0.3 is 14.8 Å². The molecule has 0 atom stereocenters. The van der Waals surface area contributed by atoms with E-state index in [1.165, 1.54) is 12.1 Å². The van der Waals surface area contributed by atoms with Gasteiger partial charge in [0.15, 0.2) is 11.5 Å². The molecule has 104 valence electrons. The molecule has 2 aromatic rings. The number of rotatable bonds is 4. The first-order valence-corrected chi connectivity index (χ1v) is 7.05. The fraction of sp³-hybridized carbons (Fsp3) is 0.200. The van der Waals surface area contributed by atoms with Gasteiger partial charge in [0, 0.05) is 23.1 Å². The van der Waals surface area contributed by atoms with Gasteiger partial charge >= 0.3 is 0 Å². The molecule has 2 aromatic carbocycles. The van der Waals surface area contributed by atoms with Crippen molar-refractivity contribution < 1.29 is 13.9 Å². The summed E-state index contributed by atoms with van der Waals surface area (Å²) >= 11 is 3.29. The first-order valence-electron chi connectivity index (χ1n) is 6.25. The lowest BCUT2D eigenvalue weighted by Crippen LogP contribution is -2.13. The topological polar surface area (TPSA) is 30.5 Å². The van der Waals surface area contributed by atoms with E-state index in [1.807, 2.05) is 24.3 Å². The molecule has 3 rings (SSSR count). The lowest BCUT2D eigenvalue weighted by Gasteiger charge is -2.08. The predicted molar refractivity (Wildman–Crippen MR) is 77.2 cm³/mol. The number of nitrogens with one attached hydrogen (secondary N) is 1. The molecule has 0 aromatic heterocycles. The lowest BCUT2D eigenvalue weighted by molar-refractivity contribution is 0.173. The lowest BCUT2D eigenvalue weighted by atomic mass is 10.1. The fourth-order valence-electron chi connectivity index (χ4n) is 2.18. The summed E-state index contributed by atoms with van der Waals surface area (Å²) in [5.74, 6) is 1.33. The molecule has 0 saturated carbocycles. The smallest absolute Gasteiger partial charge is 0.231 e. The minimum absolute atomic E-state index is 0.242. The molecule has 0 aliphatic carbocycles. The number of para-hydroxylation sites is 1. The van der Waals surface area contributed by atoms with Gasteiger partial charge in [-0.1, -0.05) is 28.1 Å². The molecule has 0 fully saturated rings. The molecule has 0 spiro atoms. The minimum Gasteiger partial charge on any atom is -0.454 e. The molecule has 20 heavy (non-hydrogen) atoms. The first-order chi connectivity index (χ1) is 9.72. The third-order valence-electron chi connectivity index (χ3n) is 3.05. The maximum Gasteiger partial charge on any atom is 0.231 e. The van der Waals surface area contributed by atoms with Crippen LogP contribution in [0.15, 0.2) is 40.9 Å². The van der Waals surface area contributed by atoms with Crippen molar-refractivity contribution in [2.75, 3.05) is 6.79 Å². The third kappa shape index (κ3) is 2.94. The summed E-state index contributed by atoms with van der Waals surface area (Å²) in [7, 11) is 0. The highest BCUT2D eigenvalue weighted by Gasteiger charge is 2.16. The van der Waals surface area contributed by atoms with Crippen molar-refractivity contribution in [2.24, 2.45) is 0 Å². The molecule has 0 bridgehead atoms. The van der Waals surface area contributed by atoms with Crippen molar-refractivity contribution in [2.45, 2.75) is 13.1 Å². The van der Waals surface area contributed by atoms with Crippen molar-refractivity contribution >= 4 is 15.9 Å². The zero-order chi connectivity index (χ0) is 13.9. The van der Waals surface area contributed by atoms with Gasteiger partial charge in [-0.05, 0) is 29.8 Å². The van der Waals surface area contributed by atoms with E-state index in [0.29, 0.717) is 13.1 Å². The second-order valence-corrected chi connectivity index (χ2v) is 5.45. The molecule has 1 aliphatic heterocycles. The summed E-state index contributed by atoms with van der Waals surface area (Å²) in [6.45, 7) is 1.49. The fourth-order valence-corrected chi connectivity index (χ4v) is 2.70. The molecular weight excluding hydrogens is 325 g/mol. The monoisotopic (exact) mass is 337 g/mol. The summed E-state index contributed by atoms with van der Waals surface area (Å²) in [6.07, 6.45) is 0. The van der Waals surface area contributed by atoms with Crippen LogP contribution in [0.4, 0.5) is 4.39 Å². The Hall–Kier alpha value is -1.59. The standard InChI is InChI=1S/C15H13BrFNO2/c16-12-4-10(5-13(17)6-12)7-18-8-11-2-1-3-14-15(11)20-9-19-14/h1-6,18H,7-9H2. The number of benzene rings is 2. The van der Waals surface area contributed by atoms with Gasteiger partial charge in [0.05, 0.1) is 0 Å². The van der Waals surface area contributed by atoms with Gasteiger partial charge in [-0.2, -0.15) is 0 Å². The van der Waals surface area contributed by atoms with Crippen LogP contribution in [0.25, 0.3) is 0 Å². The highest BCUT2D eigenvalue weighted by Crippen LogP contribution is 2.35. The van der Waals surface area contributed by atoms with Crippen molar-refractivity contribution in [3.8, 4) is 11.5 Å². The normalized spacial score (nSPS) is 12.7. The molecule has 3 nitrogen and oxygen atoms in total. The van der Waals surface area contributed by atoms with Gasteiger partial charge in [-0.25, -0.2) is 4.39 Å². The Kier molecular flexibility index (Phi) is 3.89. The van der Waals surface area contributed by atoms with Gasteiger partial charge in [0.25, 0.3) is 0 Å². The Morgan fingerprint density at radius 1 is 1.15 bits per heavy atom. The molecule has 1 N–H and O–H groups in total. The molecule has 0 amide bonds. The summed E-state index contributed by atoms with van der Waals surface area (Å²) < 4.78 is 24.8. The van der Waals surface area contributed by atoms with Gasteiger partial charge in [0.1, 0.15) is 5.82 Å². The second-order valence-electron chi connectivity index (χ2n) is 4.53. The Morgan fingerprint density at radius 2 is 2.05 bits per heavy atom. The number of hydrogen-bond acceptors (Lipinski definition) is 3.